The Bertz CT molecular complexity index is 953. The molecule has 0 saturated carbocycles. The quantitative estimate of drug-likeness (QED) is 0.674. The lowest BCUT2D eigenvalue weighted by Gasteiger charge is -2.05. The largest absolute Gasteiger partial charge is 0.416 e. The Labute approximate surface area is 140 Å². The fourth-order valence-corrected chi connectivity index (χ4v) is 4.24. The summed E-state index contributed by atoms with van der Waals surface area (Å²) in [5.74, 6) is 0.00874. The molecule has 2 aromatic heterocycles. The summed E-state index contributed by atoms with van der Waals surface area (Å²) in [5, 5.41) is 0.315. The fraction of sp³-hybridized carbons (Fsp3) is 0.200. The van der Waals surface area contributed by atoms with Crippen molar-refractivity contribution in [3.63, 3.8) is 0 Å². The van der Waals surface area contributed by atoms with Gasteiger partial charge in [-0.2, -0.15) is 17.7 Å². The Hall–Kier alpha value is -1.84. The van der Waals surface area contributed by atoms with Crippen LogP contribution in [-0.2, 0) is 20.6 Å². The second-order valence-corrected chi connectivity index (χ2v) is 8.31. The number of benzene rings is 1. The van der Waals surface area contributed by atoms with Crippen molar-refractivity contribution >= 4 is 31.8 Å². The molecule has 3 rings (SSSR count). The number of pyridine rings is 1. The van der Waals surface area contributed by atoms with Gasteiger partial charge in [0.1, 0.15) is 10.8 Å². The standard InChI is InChI=1S/C15H11F3N2O2S2/c1-2-24(21,22)12-4-3-7-19-13(12)14-20-10-8-9(15(16,17)18)5-6-11(10)23-14/h3-8H,2H2,1H3/p+1. The molecule has 4 nitrogen and oxygen atoms in total. The molecule has 9 heteroatoms. The maximum atomic E-state index is 12.8. The first kappa shape index (κ1) is 17.0. The Balaban J connectivity index is 2.16. The molecule has 24 heavy (non-hydrogen) atoms. The number of thiazole rings is 1. The summed E-state index contributed by atoms with van der Waals surface area (Å²) < 4.78 is 61.3. The van der Waals surface area contributed by atoms with Gasteiger partial charge in [0.05, 0.1) is 15.8 Å². The van der Waals surface area contributed by atoms with E-state index in [1.54, 1.807) is 13.0 Å². The predicted octanol–water partition coefficient (Wildman–Crippen LogP) is 4.73. The van der Waals surface area contributed by atoms with Crippen LogP contribution < -0.4 is 0 Å². The smallest absolute Gasteiger partial charge is 0.248 e. The van der Waals surface area contributed by atoms with Gasteiger partial charge in [0.15, 0.2) is 5.69 Å². The minimum absolute atomic E-state index is 0.00874. The maximum Gasteiger partial charge on any atom is 0.416 e. The van der Waals surface area contributed by atoms with Crippen LogP contribution in [0.25, 0.3) is 20.9 Å². The second-order valence-electron chi connectivity index (χ2n) is 4.98. The molecule has 126 valence electrons. The molecule has 0 aliphatic heterocycles. The van der Waals surface area contributed by atoms with E-state index < -0.39 is 22.0 Å². The van der Waals surface area contributed by atoms with Crippen LogP contribution in [-0.4, -0.2) is 20.3 Å². The van der Waals surface area contributed by atoms with Crippen LogP contribution in [0, 0.1) is 0 Å². The van der Waals surface area contributed by atoms with Crippen LogP contribution in [0.1, 0.15) is 12.5 Å². The zero-order chi connectivity index (χ0) is 17.5. The fourth-order valence-electron chi connectivity index (χ4n) is 2.17. The normalized spacial score (nSPS) is 14.7. The topological polar surface area (TPSA) is 63.1 Å². The number of nitrogens with zero attached hydrogens (tertiary/aromatic N) is 2. The first-order valence-electron chi connectivity index (χ1n) is 6.90. The average Bonchev–Trinajstić information content (AvgIpc) is 2.97. The SMILES string of the molecule is CC[S+](=O)(O)c1cccnc1-c1nc2cc(C(F)(F)F)ccc2s1. The first-order chi connectivity index (χ1) is 11.2. The molecule has 0 radical (unpaired) electrons. The molecule has 0 bridgehead atoms. The Morgan fingerprint density at radius 2 is 2.04 bits per heavy atom. The van der Waals surface area contributed by atoms with Crippen molar-refractivity contribution in [2.45, 2.75) is 18.0 Å². The molecule has 3 aromatic rings. The molecule has 0 amide bonds. The van der Waals surface area contributed by atoms with Crippen LogP contribution in [0.2, 0.25) is 0 Å². The van der Waals surface area contributed by atoms with E-state index in [9.17, 15) is 21.9 Å². The summed E-state index contributed by atoms with van der Waals surface area (Å²) in [6.45, 7) is 1.58. The Morgan fingerprint density at radius 1 is 1.29 bits per heavy atom. The van der Waals surface area contributed by atoms with E-state index in [0.29, 0.717) is 9.71 Å². The maximum absolute atomic E-state index is 12.8. The number of hydrogen-bond acceptors (Lipinski definition) is 4. The van der Waals surface area contributed by atoms with Crippen molar-refractivity contribution in [3.8, 4) is 10.7 Å². The van der Waals surface area contributed by atoms with Crippen LogP contribution in [0.5, 0.6) is 0 Å². The highest BCUT2D eigenvalue weighted by Gasteiger charge is 2.33. The minimum Gasteiger partial charge on any atom is -0.248 e. The van der Waals surface area contributed by atoms with Gasteiger partial charge in [-0.15, -0.1) is 11.3 Å². The second kappa shape index (κ2) is 5.91. The lowest BCUT2D eigenvalue weighted by atomic mass is 10.2. The Kier molecular flexibility index (Phi) is 4.18. The summed E-state index contributed by atoms with van der Waals surface area (Å²) in [6, 6.07) is 6.33. The molecular formula is C15H12F3N2O2S2+. The number of rotatable bonds is 3. The molecular weight excluding hydrogens is 361 g/mol. The van der Waals surface area contributed by atoms with Crippen molar-refractivity contribution in [2.75, 3.05) is 5.75 Å². The van der Waals surface area contributed by atoms with Gasteiger partial charge in [0.25, 0.3) is 0 Å². The van der Waals surface area contributed by atoms with Crippen molar-refractivity contribution in [1.82, 2.24) is 9.97 Å². The summed E-state index contributed by atoms with van der Waals surface area (Å²) in [6.07, 6.45) is -2.99. The molecule has 1 unspecified atom stereocenters. The summed E-state index contributed by atoms with van der Waals surface area (Å²) in [4.78, 5) is 8.44. The van der Waals surface area contributed by atoms with Crippen LogP contribution in [0.4, 0.5) is 13.2 Å². The first-order valence-corrected chi connectivity index (χ1v) is 9.40. The number of alkyl halides is 3. The van der Waals surface area contributed by atoms with E-state index in [1.165, 1.54) is 18.3 Å². The van der Waals surface area contributed by atoms with Gasteiger partial charge < -0.3 is 0 Å². The van der Waals surface area contributed by atoms with E-state index in [-0.39, 0.29) is 21.9 Å². The lowest BCUT2D eigenvalue weighted by molar-refractivity contribution is -0.137. The molecule has 2 heterocycles. The van der Waals surface area contributed by atoms with Crippen LogP contribution >= 0.6 is 11.3 Å². The van der Waals surface area contributed by atoms with Gasteiger partial charge in [0.2, 0.25) is 15.1 Å². The van der Waals surface area contributed by atoms with Crippen LogP contribution in [0.15, 0.2) is 41.4 Å². The van der Waals surface area contributed by atoms with Gasteiger partial charge in [-0.25, -0.2) is 9.97 Å². The van der Waals surface area contributed by atoms with Crippen LogP contribution in [0.3, 0.4) is 0 Å². The highest BCUT2D eigenvalue weighted by molar-refractivity contribution is 7.97. The minimum atomic E-state index is -4.45. The monoisotopic (exact) mass is 373 g/mol. The average molecular weight is 373 g/mol. The number of fused-ring (bicyclic) bond motifs is 1. The lowest BCUT2D eigenvalue weighted by Crippen LogP contribution is -2.14. The summed E-state index contributed by atoms with van der Waals surface area (Å²) in [5.41, 5.74) is -0.378. The highest BCUT2D eigenvalue weighted by Crippen LogP contribution is 2.37. The molecule has 1 aromatic carbocycles. The van der Waals surface area contributed by atoms with Crippen molar-refractivity contribution in [2.24, 2.45) is 0 Å². The predicted molar refractivity (Wildman–Crippen MR) is 87.3 cm³/mol. The van der Waals surface area contributed by atoms with Gasteiger partial charge in [-0.3, -0.25) is 0 Å². The summed E-state index contributed by atoms with van der Waals surface area (Å²) in [7, 11) is -3.27. The molecule has 0 fully saturated rings. The third-order valence-electron chi connectivity index (χ3n) is 3.42. The highest BCUT2D eigenvalue weighted by atomic mass is 32.3. The number of aromatic nitrogens is 2. The van der Waals surface area contributed by atoms with E-state index in [2.05, 4.69) is 9.97 Å². The molecule has 0 saturated heterocycles. The van der Waals surface area contributed by atoms with Crippen molar-refractivity contribution in [3.05, 3.63) is 42.1 Å². The van der Waals surface area contributed by atoms with E-state index in [1.807, 2.05) is 0 Å². The molecule has 1 atom stereocenters. The van der Waals surface area contributed by atoms with Gasteiger partial charge in [0, 0.05) is 6.20 Å². The third kappa shape index (κ3) is 3.06. The van der Waals surface area contributed by atoms with E-state index in [0.717, 1.165) is 23.5 Å². The number of halogens is 3. The summed E-state index contributed by atoms with van der Waals surface area (Å²) >= 11 is 1.13. The van der Waals surface area contributed by atoms with E-state index >= 15 is 0 Å². The van der Waals surface area contributed by atoms with Gasteiger partial charge in [-0.05, 0) is 37.3 Å². The van der Waals surface area contributed by atoms with Crippen molar-refractivity contribution in [1.29, 1.82) is 0 Å². The zero-order valence-electron chi connectivity index (χ0n) is 12.4. The molecule has 0 spiro atoms. The molecule has 1 N–H and O–H groups in total. The third-order valence-corrected chi connectivity index (χ3v) is 6.27. The van der Waals surface area contributed by atoms with E-state index in [4.69, 9.17) is 0 Å². The van der Waals surface area contributed by atoms with Crippen molar-refractivity contribution < 1.29 is 21.9 Å². The Morgan fingerprint density at radius 3 is 2.71 bits per heavy atom. The number of hydrogen-bond donors (Lipinski definition) is 1. The van der Waals surface area contributed by atoms with Gasteiger partial charge in [-0.1, -0.05) is 4.21 Å². The zero-order valence-corrected chi connectivity index (χ0v) is 14.0. The van der Waals surface area contributed by atoms with Gasteiger partial charge >= 0.3 is 6.18 Å². The molecule has 0 aliphatic rings. The molecule has 0 aliphatic carbocycles.